The number of aryl methyl sites for hydroxylation is 2. The van der Waals surface area contributed by atoms with Crippen LogP contribution in [0, 0.1) is 19.7 Å². The monoisotopic (exact) mass is 287 g/mol. The smallest absolute Gasteiger partial charge is 0.128 e. The molecule has 2 aromatic rings. The molecule has 0 aliphatic heterocycles. The van der Waals surface area contributed by atoms with Gasteiger partial charge >= 0.3 is 0 Å². The van der Waals surface area contributed by atoms with Crippen molar-refractivity contribution in [3.05, 3.63) is 52.8 Å². The van der Waals surface area contributed by atoms with Crippen molar-refractivity contribution in [3.8, 4) is 16.9 Å². The van der Waals surface area contributed by atoms with Crippen molar-refractivity contribution >= 4 is 0 Å². The number of hydrogen-bond acceptors (Lipinski definition) is 2. The molecule has 0 spiro atoms. The maximum Gasteiger partial charge on any atom is 0.128 e. The number of ether oxygens (including phenoxy) is 1. The molecule has 0 fully saturated rings. The van der Waals surface area contributed by atoms with E-state index in [4.69, 9.17) is 4.74 Å². The predicted octanol–water partition coefficient (Wildman–Crippen LogP) is 4.23. The third-order valence-corrected chi connectivity index (χ3v) is 3.62. The van der Waals surface area contributed by atoms with Gasteiger partial charge in [-0.3, -0.25) is 0 Å². The van der Waals surface area contributed by atoms with E-state index in [-0.39, 0.29) is 5.82 Å². The Kier molecular flexibility index (Phi) is 4.97. The van der Waals surface area contributed by atoms with Crippen LogP contribution in [0.2, 0.25) is 0 Å². The van der Waals surface area contributed by atoms with E-state index in [1.54, 1.807) is 13.2 Å². The first-order valence-electron chi connectivity index (χ1n) is 7.21. The van der Waals surface area contributed by atoms with E-state index >= 15 is 0 Å². The number of methoxy groups -OCH3 is 1. The Labute approximate surface area is 126 Å². The zero-order valence-electron chi connectivity index (χ0n) is 13.1. The van der Waals surface area contributed by atoms with Crippen LogP contribution in [-0.2, 0) is 6.54 Å². The van der Waals surface area contributed by atoms with E-state index in [0.717, 1.165) is 34.5 Å². The third kappa shape index (κ3) is 3.42. The predicted molar refractivity (Wildman–Crippen MR) is 85.2 cm³/mol. The van der Waals surface area contributed by atoms with Crippen LogP contribution < -0.4 is 10.1 Å². The van der Waals surface area contributed by atoms with Crippen molar-refractivity contribution in [3.63, 3.8) is 0 Å². The summed E-state index contributed by atoms with van der Waals surface area (Å²) in [6.45, 7) is 7.41. The van der Waals surface area contributed by atoms with Gasteiger partial charge in [0.05, 0.1) is 7.11 Å². The lowest BCUT2D eigenvalue weighted by Gasteiger charge is -2.12. The van der Waals surface area contributed by atoms with Crippen LogP contribution in [0.4, 0.5) is 4.39 Å². The molecular weight excluding hydrogens is 265 g/mol. The Balaban J connectivity index is 2.36. The topological polar surface area (TPSA) is 21.3 Å². The minimum absolute atomic E-state index is 0.167. The minimum atomic E-state index is -0.167. The summed E-state index contributed by atoms with van der Waals surface area (Å²) in [5.41, 5.74) is 4.72. The van der Waals surface area contributed by atoms with Crippen molar-refractivity contribution in [2.45, 2.75) is 27.3 Å². The first-order chi connectivity index (χ1) is 10.1. The molecule has 1 N–H and O–H groups in total. The lowest BCUT2D eigenvalue weighted by Crippen LogP contribution is -2.12. The van der Waals surface area contributed by atoms with Crippen molar-refractivity contribution in [1.29, 1.82) is 0 Å². The normalized spacial score (nSPS) is 10.7. The molecule has 2 rings (SSSR count). The second kappa shape index (κ2) is 6.72. The molecule has 2 nitrogen and oxygen atoms in total. The van der Waals surface area contributed by atoms with Crippen LogP contribution >= 0.6 is 0 Å². The highest BCUT2D eigenvalue weighted by atomic mass is 19.1. The molecule has 0 saturated carbocycles. The van der Waals surface area contributed by atoms with Gasteiger partial charge in [-0.15, -0.1) is 0 Å². The van der Waals surface area contributed by atoms with E-state index in [0.29, 0.717) is 12.1 Å². The standard InChI is InChI=1S/C18H22FNO/c1-5-20-11-15-7-6-14(10-17(15)19)16-8-12(2)18(21-4)13(3)9-16/h6-10,20H,5,11H2,1-4H3. The Bertz CT molecular complexity index is 614. The summed E-state index contributed by atoms with van der Waals surface area (Å²) in [4.78, 5) is 0. The van der Waals surface area contributed by atoms with Gasteiger partial charge < -0.3 is 10.1 Å². The Morgan fingerprint density at radius 2 is 1.71 bits per heavy atom. The highest BCUT2D eigenvalue weighted by Crippen LogP contribution is 2.30. The van der Waals surface area contributed by atoms with Crippen LogP contribution in [0.5, 0.6) is 5.75 Å². The van der Waals surface area contributed by atoms with Crippen molar-refractivity contribution in [1.82, 2.24) is 5.32 Å². The largest absolute Gasteiger partial charge is 0.496 e. The van der Waals surface area contributed by atoms with Crippen LogP contribution in [0.1, 0.15) is 23.6 Å². The average molecular weight is 287 g/mol. The first kappa shape index (κ1) is 15.5. The molecule has 3 heteroatoms. The number of rotatable bonds is 5. The second-order valence-electron chi connectivity index (χ2n) is 5.23. The molecule has 0 heterocycles. The van der Waals surface area contributed by atoms with Gasteiger partial charge in [0.1, 0.15) is 11.6 Å². The van der Waals surface area contributed by atoms with Crippen LogP contribution in [0.15, 0.2) is 30.3 Å². The molecular formula is C18H22FNO. The van der Waals surface area contributed by atoms with Gasteiger partial charge in [0.15, 0.2) is 0 Å². The van der Waals surface area contributed by atoms with Gasteiger partial charge in [-0.05, 0) is 60.8 Å². The lowest BCUT2D eigenvalue weighted by atomic mass is 9.98. The maximum absolute atomic E-state index is 14.1. The van der Waals surface area contributed by atoms with E-state index in [1.165, 1.54) is 0 Å². The summed E-state index contributed by atoms with van der Waals surface area (Å²) in [5, 5.41) is 3.14. The SMILES string of the molecule is CCNCc1ccc(-c2cc(C)c(OC)c(C)c2)cc1F. The molecule has 0 aromatic heterocycles. The summed E-state index contributed by atoms with van der Waals surface area (Å²) in [6, 6.07) is 9.49. The Morgan fingerprint density at radius 1 is 1.05 bits per heavy atom. The zero-order chi connectivity index (χ0) is 15.4. The number of halogens is 1. The molecule has 0 saturated heterocycles. The first-order valence-corrected chi connectivity index (χ1v) is 7.21. The summed E-state index contributed by atoms with van der Waals surface area (Å²) >= 11 is 0. The molecule has 0 amide bonds. The molecule has 0 aliphatic rings. The summed E-state index contributed by atoms with van der Waals surface area (Å²) in [6.07, 6.45) is 0. The molecule has 112 valence electrons. The number of hydrogen-bond donors (Lipinski definition) is 1. The van der Waals surface area contributed by atoms with Crippen molar-refractivity contribution < 1.29 is 9.13 Å². The number of benzene rings is 2. The van der Waals surface area contributed by atoms with Crippen LogP contribution in [-0.4, -0.2) is 13.7 Å². The minimum Gasteiger partial charge on any atom is -0.496 e. The van der Waals surface area contributed by atoms with E-state index in [1.807, 2.05) is 45.0 Å². The van der Waals surface area contributed by atoms with Crippen LogP contribution in [0.3, 0.4) is 0 Å². The van der Waals surface area contributed by atoms with Crippen molar-refractivity contribution in [2.75, 3.05) is 13.7 Å². The molecule has 0 bridgehead atoms. The summed E-state index contributed by atoms with van der Waals surface area (Å²) in [5.74, 6) is 0.725. The van der Waals surface area contributed by atoms with Gasteiger partial charge in [0.25, 0.3) is 0 Å². The average Bonchev–Trinajstić information content (AvgIpc) is 2.45. The van der Waals surface area contributed by atoms with Gasteiger partial charge in [0.2, 0.25) is 0 Å². The maximum atomic E-state index is 14.1. The molecule has 21 heavy (non-hydrogen) atoms. The molecule has 0 unspecified atom stereocenters. The van der Waals surface area contributed by atoms with Gasteiger partial charge in [-0.2, -0.15) is 0 Å². The van der Waals surface area contributed by atoms with Gasteiger partial charge in [0, 0.05) is 12.1 Å². The molecule has 2 aromatic carbocycles. The van der Waals surface area contributed by atoms with Crippen LogP contribution in [0.25, 0.3) is 11.1 Å². The van der Waals surface area contributed by atoms with Gasteiger partial charge in [-0.25, -0.2) is 4.39 Å². The van der Waals surface area contributed by atoms with E-state index in [2.05, 4.69) is 5.32 Å². The summed E-state index contributed by atoms with van der Waals surface area (Å²) < 4.78 is 19.5. The highest BCUT2D eigenvalue weighted by molar-refractivity contribution is 5.67. The third-order valence-electron chi connectivity index (χ3n) is 3.62. The Hall–Kier alpha value is -1.87. The lowest BCUT2D eigenvalue weighted by molar-refractivity contribution is 0.408. The number of nitrogens with one attached hydrogen (secondary N) is 1. The van der Waals surface area contributed by atoms with Crippen molar-refractivity contribution in [2.24, 2.45) is 0 Å². The fourth-order valence-corrected chi connectivity index (χ4v) is 2.57. The molecule has 0 radical (unpaired) electrons. The quantitative estimate of drug-likeness (QED) is 0.888. The highest BCUT2D eigenvalue weighted by Gasteiger charge is 2.09. The Morgan fingerprint density at radius 3 is 2.24 bits per heavy atom. The molecule has 0 atom stereocenters. The second-order valence-corrected chi connectivity index (χ2v) is 5.23. The zero-order valence-corrected chi connectivity index (χ0v) is 13.1. The summed E-state index contributed by atoms with van der Waals surface area (Å²) in [7, 11) is 1.67. The van der Waals surface area contributed by atoms with E-state index < -0.39 is 0 Å². The van der Waals surface area contributed by atoms with E-state index in [9.17, 15) is 4.39 Å². The van der Waals surface area contributed by atoms with Gasteiger partial charge in [-0.1, -0.05) is 19.1 Å². The molecule has 0 aliphatic carbocycles. The fraction of sp³-hybridized carbons (Fsp3) is 0.333. The fourth-order valence-electron chi connectivity index (χ4n) is 2.57.